The van der Waals surface area contributed by atoms with Crippen molar-refractivity contribution in [1.82, 2.24) is 9.88 Å². The smallest absolute Gasteiger partial charge is 0.223 e. The van der Waals surface area contributed by atoms with E-state index in [9.17, 15) is 4.79 Å². The highest BCUT2D eigenvalue weighted by atomic mass is 32.2. The molecule has 1 saturated heterocycles. The molecule has 1 aliphatic rings. The molecule has 4 nitrogen and oxygen atoms in total. The highest BCUT2D eigenvalue weighted by molar-refractivity contribution is 8.22. The zero-order valence-electron chi connectivity index (χ0n) is 10.1. The van der Waals surface area contributed by atoms with Crippen LogP contribution >= 0.6 is 35.3 Å². The van der Waals surface area contributed by atoms with Crippen LogP contribution < -0.4 is 5.32 Å². The number of nitrogens with one attached hydrogen (secondary N) is 1. The van der Waals surface area contributed by atoms with E-state index in [0.29, 0.717) is 5.13 Å². The van der Waals surface area contributed by atoms with Crippen LogP contribution in [0.15, 0.2) is 5.38 Å². The van der Waals surface area contributed by atoms with Crippen LogP contribution in [-0.2, 0) is 10.5 Å². The predicted octanol–water partition coefficient (Wildman–Crippen LogP) is 2.72. The SMILES string of the molecule is CC(=O)Nc1nc(CSC(=S)N2CCCC2)cs1. The van der Waals surface area contributed by atoms with Gasteiger partial charge in [-0.1, -0.05) is 24.0 Å². The van der Waals surface area contributed by atoms with Crippen molar-refractivity contribution in [1.29, 1.82) is 0 Å². The average molecular weight is 301 g/mol. The fourth-order valence-electron chi connectivity index (χ4n) is 1.71. The predicted molar refractivity (Wildman–Crippen MR) is 81.1 cm³/mol. The lowest BCUT2D eigenvalue weighted by molar-refractivity contribution is -0.114. The van der Waals surface area contributed by atoms with Gasteiger partial charge in [-0.2, -0.15) is 0 Å². The molecule has 1 N–H and O–H groups in total. The van der Waals surface area contributed by atoms with Gasteiger partial charge in [0.05, 0.1) is 5.69 Å². The van der Waals surface area contributed by atoms with E-state index in [1.165, 1.54) is 31.1 Å². The number of thiazole rings is 1. The van der Waals surface area contributed by atoms with Gasteiger partial charge in [0.25, 0.3) is 0 Å². The lowest BCUT2D eigenvalue weighted by Gasteiger charge is -2.16. The maximum absolute atomic E-state index is 10.9. The molecule has 2 rings (SSSR count). The van der Waals surface area contributed by atoms with Gasteiger partial charge in [0.15, 0.2) is 5.13 Å². The summed E-state index contributed by atoms with van der Waals surface area (Å²) in [5.74, 6) is 0.682. The number of likely N-dealkylation sites (tertiary alicyclic amines) is 1. The number of aromatic nitrogens is 1. The molecule has 0 aromatic carbocycles. The van der Waals surface area contributed by atoms with E-state index >= 15 is 0 Å². The summed E-state index contributed by atoms with van der Waals surface area (Å²) in [7, 11) is 0. The molecule has 7 heteroatoms. The van der Waals surface area contributed by atoms with Crippen LogP contribution in [0.5, 0.6) is 0 Å². The van der Waals surface area contributed by atoms with Crippen molar-refractivity contribution in [2.24, 2.45) is 0 Å². The second-order valence-corrected chi connectivity index (χ2v) is 6.54. The van der Waals surface area contributed by atoms with Gasteiger partial charge in [0, 0.05) is 31.1 Å². The number of hydrogen-bond acceptors (Lipinski definition) is 5. The molecule has 0 unspecified atom stereocenters. The van der Waals surface area contributed by atoms with Crippen molar-refractivity contribution in [2.75, 3.05) is 18.4 Å². The zero-order chi connectivity index (χ0) is 13.0. The lowest BCUT2D eigenvalue weighted by atomic mass is 10.4. The molecule has 0 saturated carbocycles. The third kappa shape index (κ3) is 3.93. The molecule has 0 spiro atoms. The molecule has 1 amide bonds. The molecule has 0 atom stereocenters. The molecule has 0 bridgehead atoms. The van der Waals surface area contributed by atoms with Crippen molar-refractivity contribution in [3.8, 4) is 0 Å². The molecule has 0 radical (unpaired) electrons. The van der Waals surface area contributed by atoms with Crippen molar-refractivity contribution >= 4 is 50.7 Å². The third-order valence-electron chi connectivity index (χ3n) is 2.54. The fourth-order valence-corrected chi connectivity index (χ4v) is 3.71. The molecule has 1 aromatic rings. The van der Waals surface area contributed by atoms with Crippen LogP contribution in [0, 0.1) is 0 Å². The summed E-state index contributed by atoms with van der Waals surface area (Å²) in [6, 6.07) is 0. The second-order valence-electron chi connectivity index (χ2n) is 4.07. The summed E-state index contributed by atoms with van der Waals surface area (Å²) >= 11 is 8.48. The standard InChI is InChI=1S/C11H15N3OS3/c1-8(15)12-10-13-9(6-17-10)7-18-11(16)14-4-2-3-5-14/h6H,2-5,7H2,1H3,(H,12,13,15). The van der Waals surface area contributed by atoms with Gasteiger partial charge < -0.3 is 10.2 Å². The minimum Gasteiger partial charge on any atom is -0.358 e. The second kappa shape index (κ2) is 6.49. The maximum atomic E-state index is 10.9. The van der Waals surface area contributed by atoms with E-state index in [1.54, 1.807) is 11.8 Å². The monoisotopic (exact) mass is 301 g/mol. The average Bonchev–Trinajstić information content (AvgIpc) is 2.95. The minimum atomic E-state index is -0.0869. The van der Waals surface area contributed by atoms with Gasteiger partial charge in [-0.15, -0.1) is 11.3 Å². The Morgan fingerprint density at radius 2 is 2.33 bits per heavy atom. The number of thiocarbonyl (C=S) groups is 1. The van der Waals surface area contributed by atoms with Gasteiger partial charge in [-0.25, -0.2) is 4.98 Å². The van der Waals surface area contributed by atoms with Crippen molar-refractivity contribution < 1.29 is 4.79 Å². The first-order valence-corrected chi connectivity index (χ1v) is 8.06. The molecule has 18 heavy (non-hydrogen) atoms. The molecule has 0 aliphatic carbocycles. The van der Waals surface area contributed by atoms with Gasteiger partial charge in [-0.05, 0) is 12.8 Å². The van der Waals surface area contributed by atoms with Crippen molar-refractivity contribution in [3.63, 3.8) is 0 Å². The van der Waals surface area contributed by atoms with E-state index < -0.39 is 0 Å². The number of hydrogen-bond donors (Lipinski definition) is 1. The summed E-state index contributed by atoms with van der Waals surface area (Å²) in [6.45, 7) is 3.65. The number of carbonyl (C=O) groups is 1. The Kier molecular flexibility index (Phi) is 4.96. The maximum Gasteiger partial charge on any atom is 0.223 e. The quantitative estimate of drug-likeness (QED) is 0.870. The van der Waals surface area contributed by atoms with E-state index in [4.69, 9.17) is 12.2 Å². The van der Waals surface area contributed by atoms with E-state index in [1.807, 2.05) is 5.38 Å². The molecular weight excluding hydrogens is 286 g/mol. The summed E-state index contributed by atoms with van der Waals surface area (Å²) in [5, 5.41) is 5.30. The highest BCUT2D eigenvalue weighted by Crippen LogP contribution is 2.23. The van der Waals surface area contributed by atoms with Gasteiger partial charge in [0.2, 0.25) is 5.91 Å². The first-order chi connectivity index (χ1) is 8.65. The number of anilines is 1. The molecule has 2 heterocycles. The molecule has 1 aliphatic heterocycles. The molecule has 1 aromatic heterocycles. The Morgan fingerprint density at radius 1 is 1.61 bits per heavy atom. The zero-order valence-corrected chi connectivity index (χ0v) is 12.6. The molecule has 1 fully saturated rings. The number of rotatable bonds is 3. The van der Waals surface area contributed by atoms with E-state index in [-0.39, 0.29) is 5.91 Å². The molecular formula is C11H15N3OS3. The summed E-state index contributed by atoms with van der Waals surface area (Å²) in [5.41, 5.74) is 0.968. The van der Waals surface area contributed by atoms with Gasteiger partial charge >= 0.3 is 0 Å². The lowest BCUT2D eigenvalue weighted by Crippen LogP contribution is -2.23. The minimum absolute atomic E-state index is 0.0869. The largest absolute Gasteiger partial charge is 0.358 e. The van der Waals surface area contributed by atoms with Crippen LogP contribution in [0.2, 0.25) is 0 Å². The third-order valence-corrected chi connectivity index (χ3v) is 4.91. The van der Waals surface area contributed by atoms with Crippen LogP contribution in [0.1, 0.15) is 25.5 Å². The first kappa shape index (κ1) is 13.8. The number of thioether (sulfide) groups is 1. The van der Waals surface area contributed by atoms with Gasteiger partial charge in [0.1, 0.15) is 4.32 Å². The number of nitrogens with zero attached hydrogens (tertiary/aromatic N) is 2. The Morgan fingerprint density at radius 3 is 3.00 bits per heavy atom. The van der Waals surface area contributed by atoms with E-state index in [0.717, 1.165) is 28.9 Å². The Balaban J connectivity index is 1.80. The Bertz CT molecular complexity index is 440. The summed E-state index contributed by atoms with van der Waals surface area (Å²) < 4.78 is 0.960. The van der Waals surface area contributed by atoms with Crippen molar-refractivity contribution in [3.05, 3.63) is 11.1 Å². The fraction of sp³-hybridized carbons (Fsp3) is 0.545. The van der Waals surface area contributed by atoms with Crippen molar-refractivity contribution in [2.45, 2.75) is 25.5 Å². The highest BCUT2D eigenvalue weighted by Gasteiger charge is 2.15. The first-order valence-electron chi connectivity index (χ1n) is 5.79. The summed E-state index contributed by atoms with van der Waals surface area (Å²) in [4.78, 5) is 17.5. The van der Waals surface area contributed by atoms with Gasteiger partial charge in [-0.3, -0.25) is 4.79 Å². The van der Waals surface area contributed by atoms with Crippen LogP contribution in [0.4, 0.5) is 5.13 Å². The molecule has 98 valence electrons. The van der Waals surface area contributed by atoms with Crippen LogP contribution in [-0.4, -0.2) is 33.2 Å². The topological polar surface area (TPSA) is 45.2 Å². The Hall–Kier alpha value is -0.660. The Labute approximate surface area is 120 Å². The van der Waals surface area contributed by atoms with E-state index in [2.05, 4.69) is 15.2 Å². The number of amides is 1. The van der Waals surface area contributed by atoms with Crippen LogP contribution in [0.25, 0.3) is 0 Å². The summed E-state index contributed by atoms with van der Waals surface area (Å²) in [6.07, 6.45) is 2.48. The number of carbonyl (C=O) groups excluding carboxylic acids is 1. The van der Waals surface area contributed by atoms with Crippen LogP contribution in [0.3, 0.4) is 0 Å². The normalized spacial score (nSPS) is 14.8.